The minimum atomic E-state index is -0.826. The molecular formula is C48H65N11O5. The summed E-state index contributed by atoms with van der Waals surface area (Å²) < 4.78 is 0. The zero-order valence-corrected chi connectivity index (χ0v) is 37.8. The lowest BCUT2D eigenvalue weighted by atomic mass is 9.83. The van der Waals surface area contributed by atoms with E-state index in [0.717, 1.165) is 85.5 Å². The molecule has 5 aromatic rings. The van der Waals surface area contributed by atoms with Gasteiger partial charge in [-0.1, -0.05) is 111 Å². The summed E-state index contributed by atoms with van der Waals surface area (Å²) in [4.78, 5) is 40.9. The third-order valence-corrected chi connectivity index (χ3v) is 11.0. The summed E-state index contributed by atoms with van der Waals surface area (Å²) in [6.07, 6.45) is 7.91. The molecule has 0 saturated carbocycles. The number of benzene rings is 3. The van der Waals surface area contributed by atoms with E-state index in [0.29, 0.717) is 37.1 Å². The Balaban J connectivity index is 0.000000237. The van der Waals surface area contributed by atoms with Gasteiger partial charge in [-0.15, -0.1) is 10.2 Å². The predicted molar refractivity (Wildman–Crippen MR) is 250 cm³/mol. The van der Waals surface area contributed by atoms with Gasteiger partial charge in [-0.2, -0.15) is 10.3 Å². The van der Waals surface area contributed by atoms with Crippen LogP contribution < -0.4 is 21.8 Å². The van der Waals surface area contributed by atoms with Gasteiger partial charge >= 0.3 is 11.9 Å². The second-order valence-corrected chi connectivity index (χ2v) is 16.6. The lowest BCUT2D eigenvalue weighted by Gasteiger charge is -2.28. The smallest absolute Gasteiger partial charge is 0.307 e. The average Bonchev–Trinajstić information content (AvgIpc) is 3.84. The monoisotopic (exact) mass is 876 g/mol. The summed E-state index contributed by atoms with van der Waals surface area (Å²) in [6.45, 7) is 13.6. The van der Waals surface area contributed by atoms with Crippen molar-refractivity contribution in [3.8, 4) is 22.3 Å². The number of primary amides is 1. The Bertz CT molecular complexity index is 2240. The lowest BCUT2D eigenvalue weighted by Crippen LogP contribution is -2.43. The van der Waals surface area contributed by atoms with Crippen LogP contribution in [0.25, 0.3) is 22.3 Å². The molecule has 0 radical (unpaired) electrons. The van der Waals surface area contributed by atoms with Crippen LogP contribution in [0.2, 0.25) is 0 Å². The highest BCUT2D eigenvalue weighted by Gasteiger charge is 2.32. The number of nitrogens with one attached hydrogen (secondary N) is 2. The van der Waals surface area contributed by atoms with Crippen LogP contribution in [-0.2, 0) is 22.4 Å². The summed E-state index contributed by atoms with van der Waals surface area (Å²) in [5.41, 5.74) is 12.0. The van der Waals surface area contributed by atoms with E-state index >= 15 is 0 Å². The van der Waals surface area contributed by atoms with Crippen molar-refractivity contribution in [2.75, 3.05) is 31.1 Å². The fraction of sp³-hybridized carbons (Fsp3) is 0.438. The number of carboxylic acid groups (broad SMARTS) is 2. The number of nitrogens with zero attached hydrogens (tertiary/aromatic N) is 7. The molecular weight excluding hydrogens is 811 g/mol. The number of H-pyrrole nitrogens is 1. The molecule has 8 N–H and O–H groups in total. The van der Waals surface area contributed by atoms with Crippen molar-refractivity contribution in [2.24, 2.45) is 33.7 Å². The van der Waals surface area contributed by atoms with Crippen LogP contribution in [0.15, 0.2) is 101 Å². The molecule has 0 bridgehead atoms. The number of aliphatic carboxylic acids is 2. The third kappa shape index (κ3) is 15.7. The Morgan fingerprint density at radius 2 is 1.44 bits per heavy atom. The van der Waals surface area contributed by atoms with E-state index in [-0.39, 0.29) is 17.7 Å². The first-order chi connectivity index (χ1) is 30.8. The van der Waals surface area contributed by atoms with Crippen molar-refractivity contribution in [3.63, 3.8) is 0 Å². The van der Waals surface area contributed by atoms with Crippen LogP contribution in [0.5, 0.6) is 0 Å². The second-order valence-electron chi connectivity index (χ2n) is 16.6. The minimum Gasteiger partial charge on any atom is -0.481 e. The Labute approximate surface area is 376 Å². The molecule has 1 amide bonds. The summed E-state index contributed by atoms with van der Waals surface area (Å²) in [5, 5.41) is 43.5. The predicted octanol–water partition coefficient (Wildman–Crippen LogP) is 7.89. The van der Waals surface area contributed by atoms with Crippen LogP contribution in [0.3, 0.4) is 0 Å². The van der Waals surface area contributed by atoms with Crippen LogP contribution in [0.4, 0.5) is 5.82 Å². The standard InChI is InChI=1S/C23H29N7O2.C16H17NO.C9H19N3O2/c1-2-4-19(23(31)32)20(22-26-28-29-27-22)14-16-5-3-6-17(13-16)18-7-8-25-21(15-18)30-11-9-24-10-12-30;1-2-5-12-6-3-7-13(10-12)14-8-4-9-15(11-14)16(17)18;1-4-5-7(8(13)14)6-9(2,3)11-12-10/h3,5-8,13,15,19-20,24H,2,4,9-12,14H2,1H3,(H,31,32)(H,26,27,28,29);3-4,6-11H,2,5H2,1H3,(H2,17,18);7H,4-6H2,1-3H3,(H2,10,11)(H,13,14)/t19-,20-;;7-/m0.0/s1. The summed E-state index contributed by atoms with van der Waals surface area (Å²) in [5.74, 6) is 3.11. The first kappa shape index (κ1) is 50.1. The SMILES string of the molecule is CCC[C@@H](CC(C)(C)N=NN)C(=O)O.CCC[C@H](C(=O)O)[C@H](Cc1cccc(-c2ccnc(N3CCNCC3)c2)c1)c1nn[nH]n1.CCCc1cccc(-c2cccc(C(N)=O)c2)c1. The van der Waals surface area contributed by atoms with Crippen molar-refractivity contribution < 1.29 is 24.6 Å². The Hall–Kier alpha value is -6.55. The van der Waals surface area contributed by atoms with Crippen LogP contribution in [0.1, 0.15) is 106 Å². The fourth-order valence-electron chi connectivity index (χ4n) is 7.85. The largest absolute Gasteiger partial charge is 0.481 e. The van der Waals surface area contributed by atoms with E-state index in [9.17, 15) is 19.5 Å². The fourth-order valence-corrected chi connectivity index (χ4v) is 7.85. The number of rotatable bonds is 19. The van der Waals surface area contributed by atoms with Gasteiger partial charge in [0.2, 0.25) is 5.91 Å². The number of anilines is 1. The number of carbonyl (C=O) groups excluding carboxylic acids is 1. The number of nitrogens with two attached hydrogens (primary N) is 2. The number of hydrogen-bond acceptors (Lipinski definition) is 11. The maximum absolute atomic E-state index is 12.0. The van der Waals surface area contributed by atoms with Gasteiger partial charge in [0.25, 0.3) is 0 Å². The molecule has 1 saturated heterocycles. The maximum Gasteiger partial charge on any atom is 0.307 e. The van der Waals surface area contributed by atoms with Crippen molar-refractivity contribution in [1.82, 2.24) is 30.9 Å². The number of tetrazole rings is 1. The van der Waals surface area contributed by atoms with E-state index in [2.05, 4.69) is 95.6 Å². The number of aromatic nitrogens is 5. The lowest BCUT2D eigenvalue weighted by molar-refractivity contribution is -0.143. The molecule has 3 aromatic carbocycles. The van der Waals surface area contributed by atoms with Crippen LogP contribution in [0, 0.1) is 11.8 Å². The molecule has 1 fully saturated rings. The summed E-state index contributed by atoms with van der Waals surface area (Å²) in [6, 6.07) is 28.2. The highest BCUT2D eigenvalue weighted by molar-refractivity contribution is 5.94. The topological polar surface area (TPSA) is 251 Å². The van der Waals surface area contributed by atoms with Gasteiger partial charge in [-0.25, -0.2) is 4.98 Å². The Kier molecular flexibility index (Phi) is 20.0. The van der Waals surface area contributed by atoms with Gasteiger partial charge < -0.3 is 32.0 Å². The molecule has 2 aromatic heterocycles. The summed E-state index contributed by atoms with van der Waals surface area (Å²) >= 11 is 0. The summed E-state index contributed by atoms with van der Waals surface area (Å²) in [7, 11) is 0. The number of hydrogen-bond donors (Lipinski definition) is 6. The number of carbonyl (C=O) groups is 3. The van der Waals surface area contributed by atoms with Crippen LogP contribution in [-0.4, -0.2) is 85.4 Å². The number of carboxylic acids is 2. The number of pyridine rings is 1. The molecule has 0 unspecified atom stereocenters. The molecule has 0 spiro atoms. The molecule has 16 heteroatoms. The number of amides is 1. The molecule has 6 rings (SSSR count). The zero-order valence-electron chi connectivity index (χ0n) is 37.8. The van der Waals surface area contributed by atoms with Gasteiger partial charge in [0.15, 0.2) is 5.82 Å². The highest BCUT2D eigenvalue weighted by Crippen LogP contribution is 2.32. The first-order valence-corrected chi connectivity index (χ1v) is 22.1. The zero-order chi connectivity index (χ0) is 46.5. The second kappa shape index (κ2) is 25.5. The normalized spacial score (nSPS) is 14.0. The van der Waals surface area contributed by atoms with Gasteiger partial charge in [0, 0.05) is 43.9 Å². The first-order valence-electron chi connectivity index (χ1n) is 22.1. The molecule has 3 heterocycles. The molecule has 342 valence electrons. The number of aryl methyl sites for hydroxylation is 1. The Morgan fingerprint density at radius 3 is 2.02 bits per heavy atom. The quantitative estimate of drug-likeness (QED) is 0.0263. The van der Waals surface area contributed by atoms with Crippen molar-refractivity contribution in [1.29, 1.82) is 0 Å². The minimum absolute atomic E-state index is 0.352. The van der Waals surface area contributed by atoms with E-state index in [1.165, 1.54) is 5.56 Å². The third-order valence-electron chi connectivity index (χ3n) is 11.0. The van der Waals surface area contributed by atoms with Crippen molar-refractivity contribution in [2.45, 2.75) is 97.4 Å². The number of piperazine rings is 1. The molecule has 1 aliphatic heterocycles. The van der Waals surface area contributed by atoms with Crippen LogP contribution >= 0.6 is 0 Å². The van der Waals surface area contributed by atoms with Gasteiger partial charge in [0.1, 0.15) is 5.82 Å². The molecule has 0 aliphatic carbocycles. The van der Waals surface area contributed by atoms with E-state index in [1.807, 2.05) is 70.3 Å². The molecule has 1 aliphatic rings. The Morgan fingerprint density at radius 1 is 0.812 bits per heavy atom. The number of aromatic amines is 1. The molecule has 16 nitrogen and oxygen atoms in total. The highest BCUT2D eigenvalue weighted by atomic mass is 16.4. The van der Waals surface area contributed by atoms with E-state index in [1.54, 1.807) is 6.07 Å². The average molecular weight is 876 g/mol. The van der Waals surface area contributed by atoms with Gasteiger partial charge in [-0.3, -0.25) is 14.4 Å². The molecule has 64 heavy (non-hydrogen) atoms. The maximum atomic E-state index is 12.0. The van der Waals surface area contributed by atoms with Crippen molar-refractivity contribution in [3.05, 3.63) is 114 Å². The van der Waals surface area contributed by atoms with E-state index < -0.39 is 23.4 Å². The van der Waals surface area contributed by atoms with E-state index in [4.69, 9.17) is 16.7 Å². The van der Waals surface area contributed by atoms with Gasteiger partial charge in [-0.05, 0) is 104 Å². The van der Waals surface area contributed by atoms with Gasteiger partial charge in [0.05, 0.1) is 17.4 Å². The molecule has 3 atom stereocenters. The van der Waals surface area contributed by atoms with Crippen molar-refractivity contribution >= 4 is 23.7 Å².